The molecule has 0 aliphatic heterocycles. The molecule has 0 bridgehead atoms. The maximum atomic E-state index is 13.1. The van der Waals surface area contributed by atoms with Gasteiger partial charge in [0.2, 0.25) is 0 Å². The van der Waals surface area contributed by atoms with E-state index in [4.69, 9.17) is 17.3 Å². The molecule has 96 valence electrons. The predicted molar refractivity (Wildman–Crippen MR) is 67.6 cm³/mol. The minimum Gasteiger partial charge on any atom is -0.384 e. The molecule has 0 amide bonds. The van der Waals surface area contributed by atoms with E-state index in [0.717, 1.165) is 6.92 Å². The van der Waals surface area contributed by atoms with Crippen LogP contribution in [0.25, 0.3) is 11.3 Å². The summed E-state index contributed by atoms with van der Waals surface area (Å²) in [6, 6.07) is 5.76. The van der Waals surface area contributed by atoms with Gasteiger partial charge in [0.1, 0.15) is 5.82 Å². The fraction of sp³-hybridized carbons (Fsp3) is 0.250. The van der Waals surface area contributed by atoms with Crippen LogP contribution in [0.4, 0.5) is 14.6 Å². The van der Waals surface area contributed by atoms with E-state index in [2.05, 4.69) is 5.10 Å². The van der Waals surface area contributed by atoms with E-state index in [1.165, 1.54) is 22.9 Å². The van der Waals surface area contributed by atoms with Gasteiger partial charge in [0.25, 0.3) is 5.92 Å². The summed E-state index contributed by atoms with van der Waals surface area (Å²) in [7, 11) is 1.70. The molecule has 0 aliphatic carbocycles. The number of benzene rings is 1. The normalized spacial score (nSPS) is 11.8. The first-order valence-corrected chi connectivity index (χ1v) is 5.64. The summed E-state index contributed by atoms with van der Waals surface area (Å²) in [6.07, 6.45) is 0. The molecule has 2 aromatic rings. The number of rotatable bonds is 2. The number of hydrogen-bond acceptors (Lipinski definition) is 2. The van der Waals surface area contributed by atoms with Crippen molar-refractivity contribution in [1.29, 1.82) is 0 Å². The van der Waals surface area contributed by atoms with Crippen LogP contribution in [0.5, 0.6) is 0 Å². The van der Waals surface area contributed by atoms with E-state index < -0.39 is 5.92 Å². The van der Waals surface area contributed by atoms with Crippen molar-refractivity contribution in [2.45, 2.75) is 12.8 Å². The average Bonchev–Trinajstić information content (AvgIpc) is 2.57. The number of nitrogens with zero attached hydrogens (tertiary/aromatic N) is 2. The summed E-state index contributed by atoms with van der Waals surface area (Å²) in [4.78, 5) is 0. The van der Waals surface area contributed by atoms with Crippen LogP contribution in [0.3, 0.4) is 0 Å². The third-order valence-corrected chi connectivity index (χ3v) is 2.98. The third-order valence-electron chi connectivity index (χ3n) is 2.67. The molecular weight excluding hydrogens is 260 g/mol. The van der Waals surface area contributed by atoms with E-state index >= 15 is 0 Å². The van der Waals surface area contributed by atoms with E-state index in [0.29, 0.717) is 17.1 Å². The second kappa shape index (κ2) is 4.24. The summed E-state index contributed by atoms with van der Waals surface area (Å²) in [6.45, 7) is 0.830. The Bertz CT molecular complexity index is 568. The Labute approximate surface area is 108 Å². The minimum absolute atomic E-state index is 0.125. The number of nitrogens with two attached hydrogens (primary N) is 1. The van der Waals surface area contributed by atoms with Crippen LogP contribution in [0.2, 0.25) is 5.02 Å². The van der Waals surface area contributed by atoms with Gasteiger partial charge in [-0.3, -0.25) is 4.68 Å². The zero-order valence-electron chi connectivity index (χ0n) is 9.92. The molecule has 2 rings (SSSR count). The standard InChI is InChI=1S/C12H12ClF2N3/c1-12(14,15)7-3-4-8(9(13)5-7)10-6-11(16)18(2)17-10/h3-6H,16H2,1-2H3. The van der Waals surface area contributed by atoms with Gasteiger partial charge in [-0.25, -0.2) is 8.78 Å². The Kier molecular flexibility index (Phi) is 3.02. The second-order valence-electron chi connectivity index (χ2n) is 4.16. The number of hydrogen-bond donors (Lipinski definition) is 1. The van der Waals surface area contributed by atoms with Crippen molar-refractivity contribution < 1.29 is 8.78 Å². The summed E-state index contributed by atoms with van der Waals surface area (Å²) < 4.78 is 27.8. The lowest BCUT2D eigenvalue weighted by molar-refractivity contribution is 0.0175. The Morgan fingerprint density at radius 2 is 2.00 bits per heavy atom. The van der Waals surface area contributed by atoms with Crippen LogP contribution < -0.4 is 5.73 Å². The van der Waals surface area contributed by atoms with E-state index in [1.807, 2.05) is 0 Å². The Morgan fingerprint density at radius 3 is 2.44 bits per heavy atom. The molecule has 1 aromatic carbocycles. The fourth-order valence-corrected chi connectivity index (χ4v) is 1.89. The van der Waals surface area contributed by atoms with E-state index in [1.54, 1.807) is 13.1 Å². The maximum Gasteiger partial charge on any atom is 0.270 e. The summed E-state index contributed by atoms with van der Waals surface area (Å²) in [5.41, 5.74) is 6.68. The Balaban J connectivity index is 2.48. The molecule has 6 heteroatoms. The van der Waals surface area contributed by atoms with Crippen molar-refractivity contribution in [3.63, 3.8) is 0 Å². The van der Waals surface area contributed by atoms with Gasteiger partial charge in [0.15, 0.2) is 0 Å². The quantitative estimate of drug-likeness (QED) is 0.909. The molecule has 18 heavy (non-hydrogen) atoms. The highest BCUT2D eigenvalue weighted by Crippen LogP contribution is 2.34. The third kappa shape index (κ3) is 2.31. The molecule has 0 atom stereocenters. The molecule has 2 N–H and O–H groups in total. The monoisotopic (exact) mass is 271 g/mol. The van der Waals surface area contributed by atoms with Gasteiger partial charge in [0, 0.05) is 31.2 Å². The zero-order valence-corrected chi connectivity index (χ0v) is 10.7. The van der Waals surface area contributed by atoms with Crippen LogP contribution in [0.1, 0.15) is 12.5 Å². The van der Waals surface area contributed by atoms with Crippen molar-refractivity contribution in [3.05, 3.63) is 34.9 Å². The first-order valence-electron chi connectivity index (χ1n) is 5.27. The van der Waals surface area contributed by atoms with Crippen LogP contribution in [-0.4, -0.2) is 9.78 Å². The smallest absolute Gasteiger partial charge is 0.270 e. The Hall–Kier alpha value is -1.62. The van der Waals surface area contributed by atoms with E-state index in [-0.39, 0.29) is 10.6 Å². The van der Waals surface area contributed by atoms with Crippen LogP contribution in [0, 0.1) is 0 Å². The molecule has 0 aliphatic rings. The fourth-order valence-electron chi connectivity index (χ4n) is 1.61. The number of alkyl halides is 2. The van der Waals surface area contributed by atoms with Crippen molar-refractivity contribution in [2.24, 2.45) is 7.05 Å². The number of anilines is 1. The van der Waals surface area contributed by atoms with E-state index in [9.17, 15) is 8.78 Å². The summed E-state index contributed by atoms with van der Waals surface area (Å²) >= 11 is 6.01. The van der Waals surface area contributed by atoms with Crippen LogP contribution in [-0.2, 0) is 13.0 Å². The predicted octanol–water partition coefficient (Wildman–Crippen LogP) is 3.43. The lowest BCUT2D eigenvalue weighted by atomic mass is 10.1. The molecule has 0 spiro atoms. The Morgan fingerprint density at radius 1 is 1.33 bits per heavy atom. The van der Waals surface area contributed by atoms with Gasteiger partial charge in [-0.2, -0.15) is 5.10 Å². The van der Waals surface area contributed by atoms with Gasteiger partial charge >= 0.3 is 0 Å². The maximum absolute atomic E-state index is 13.1. The SMILES string of the molecule is Cn1nc(-c2ccc(C(C)(F)F)cc2Cl)cc1N. The van der Waals surface area contributed by atoms with Gasteiger partial charge in [0.05, 0.1) is 10.7 Å². The molecule has 0 unspecified atom stereocenters. The van der Waals surface area contributed by atoms with Crippen molar-refractivity contribution in [1.82, 2.24) is 9.78 Å². The molecule has 0 saturated carbocycles. The first kappa shape index (κ1) is 12.8. The molecule has 0 fully saturated rings. The highest BCUT2D eigenvalue weighted by molar-refractivity contribution is 6.33. The summed E-state index contributed by atoms with van der Waals surface area (Å²) in [5.74, 6) is -2.43. The van der Waals surface area contributed by atoms with Crippen molar-refractivity contribution in [2.75, 3.05) is 5.73 Å². The van der Waals surface area contributed by atoms with Crippen LogP contribution >= 0.6 is 11.6 Å². The molecule has 0 saturated heterocycles. The van der Waals surface area contributed by atoms with Crippen molar-refractivity contribution in [3.8, 4) is 11.3 Å². The number of aryl methyl sites for hydroxylation is 1. The number of halogens is 3. The highest BCUT2D eigenvalue weighted by atomic mass is 35.5. The molecular formula is C12H12ClF2N3. The van der Waals surface area contributed by atoms with Gasteiger partial charge in [-0.05, 0) is 6.07 Å². The lowest BCUT2D eigenvalue weighted by Crippen LogP contribution is -2.06. The largest absolute Gasteiger partial charge is 0.384 e. The first-order chi connectivity index (χ1) is 8.29. The molecule has 1 heterocycles. The number of aromatic nitrogens is 2. The van der Waals surface area contributed by atoms with Gasteiger partial charge < -0.3 is 5.73 Å². The molecule has 0 radical (unpaired) electrons. The topological polar surface area (TPSA) is 43.8 Å². The highest BCUT2D eigenvalue weighted by Gasteiger charge is 2.25. The van der Waals surface area contributed by atoms with Crippen molar-refractivity contribution >= 4 is 17.4 Å². The average molecular weight is 272 g/mol. The zero-order chi connectivity index (χ0) is 13.5. The minimum atomic E-state index is -2.91. The number of nitrogen functional groups attached to an aromatic ring is 1. The second-order valence-corrected chi connectivity index (χ2v) is 4.57. The summed E-state index contributed by atoms with van der Waals surface area (Å²) in [5, 5.41) is 4.38. The van der Waals surface area contributed by atoms with Gasteiger partial charge in [-0.1, -0.05) is 23.7 Å². The van der Waals surface area contributed by atoms with Crippen LogP contribution in [0.15, 0.2) is 24.3 Å². The van der Waals surface area contributed by atoms with Gasteiger partial charge in [-0.15, -0.1) is 0 Å². The molecule has 1 aromatic heterocycles. The molecule has 3 nitrogen and oxygen atoms in total. The lowest BCUT2D eigenvalue weighted by Gasteiger charge is -2.11.